The highest BCUT2D eigenvalue weighted by Gasteiger charge is 2.10. The van der Waals surface area contributed by atoms with Crippen LogP contribution in [0.2, 0.25) is 0 Å². The zero-order valence-corrected chi connectivity index (χ0v) is 17.1. The van der Waals surface area contributed by atoms with Crippen LogP contribution in [0.5, 0.6) is 11.5 Å². The Morgan fingerprint density at radius 3 is 1.44 bits per heavy atom. The maximum absolute atomic E-state index is 10.8. The minimum absolute atomic E-state index is 0. The minimum Gasteiger partial charge on any atom is -0.507 e. The maximum atomic E-state index is 10.8. The van der Waals surface area contributed by atoms with Crippen molar-refractivity contribution in [1.29, 1.82) is 0 Å². The van der Waals surface area contributed by atoms with Crippen LogP contribution in [0.4, 0.5) is 0 Å². The summed E-state index contributed by atoms with van der Waals surface area (Å²) >= 11 is 0. The Hall–Kier alpha value is -2.84. The predicted molar refractivity (Wildman–Crippen MR) is 114 cm³/mol. The Morgan fingerprint density at radius 2 is 1.11 bits per heavy atom. The Kier molecular flexibility index (Phi) is 8.01. The van der Waals surface area contributed by atoms with E-state index in [1.54, 1.807) is 36.4 Å². The van der Waals surface area contributed by atoms with Crippen LogP contribution < -0.4 is 0 Å². The second-order valence-electron chi connectivity index (χ2n) is 6.11. The van der Waals surface area contributed by atoms with E-state index in [2.05, 4.69) is 0 Å². The smallest absolute Gasteiger partial charge is 0.336 e. The van der Waals surface area contributed by atoms with Crippen LogP contribution in [0.3, 0.4) is 0 Å². The second-order valence-corrected chi connectivity index (χ2v) is 6.11. The van der Waals surface area contributed by atoms with Gasteiger partial charge in [-0.1, -0.05) is 54.1 Å². The molecule has 0 saturated heterocycles. The molecule has 5 heteroatoms. The van der Waals surface area contributed by atoms with Crippen LogP contribution in [0.15, 0.2) is 60.7 Å². The van der Waals surface area contributed by atoms with Gasteiger partial charge in [0.1, 0.15) is 11.5 Å². The van der Waals surface area contributed by atoms with Gasteiger partial charge in [-0.3, -0.25) is 0 Å². The second kappa shape index (κ2) is 9.75. The Labute approximate surface area is 162 Å². The summed E-state index contributed by atoms with van der Waals surface area (Å²) in [6.07, 6.45) is 0. The molecule has 3 N–H and O–H groups in total. The van der Waals surface area contributed by atoms with E-state index in [4.69, 9.17) is 5.11 Å². The number of hydrogen-bond acceptors (Lipinski definition) is 3. The molecule has 0 aliphatic heterocycles. The van der Waals surface area contributed by atoms with E-state index < -0.39 is 5.97 Å². The summed E-state index contributed by atoms with van der Waals surface area (Å²) in [5.74, 6) is -0.493. The standard InChI is InChI=1S/C12H10O2.C10H12O2.H3P/c13-11-7-3-1-5-9(11)10-6-2-4-8-12(10)14;1-6-4-7(2)9(10(11)12)8(3)5-6;/h1-8,13-14H;4-5H,1-3H3,(H,11,12);1H3. The molecule has 0 aromatic heterocycles. The number of aryl methyl sites for hydroxylation is 3. The highest BCUT2D eigenvalue weighted by atomic mass is 31.0. The number of phenolic OH excluding ortho intramolecular Hbond substituents is 2. The third-order valence-electron chi connectivity index (χ3n) is 3.99. The van der Waals surface area contributed by atoms with E-state index in [9.17, 15) is 15.0 Å². The van der Waals surface area contributed by atoms with E-state index in [1.807, 2.05) is 45.0 Å². The highest BCUT2D eigenvalue weighted by molar-refractivity contribution is 6.92. The fourth-order valence-corrected chi connectivity index (χ4v) is 2.92. The summed E-state index contributed by atoms with van der Waals surface area (Å²) in [4.78, 5) is 10.8. The quantitative estimate of drug-likeness (QED) is 0.535. The van der Waals surface area contributed by atoms with Gasteiger partial charge in [-0.05, 0) is 44.0 Å². The van der Waals surface area contributed by atoms with Crippen molar-refractivity contribution in [2.75, 3.05) is 0 Å². The third-order valence-corrected chi connectivity index (χ3v) is 3.99. The molecule has 1 unspecified atom stereocenters. The number of aromatic carboxylic acids is 1. The summed E-state index contributed by atoms with van der Waals surface area (Å²) < 4.78 is 0. The van der Waals surface area contributed by atoms with E-state index in [1.165, 1.54) is 0 Å². The Morgan fingerprint density at radius 1 is 0.741 bits per heavy atom. The average molecular weight is 384 g/mol. The van der Waals surface area contributed by atoms with E-state index in [0.29, 0.717) is 16.7 Å². The van der Waals surface area contributed by atoms with Crippen LogP contribution in [0, 0.1) is 20.8 Å². The normalized spacial score (nSPS) is 9.59. The molecule has 0 amide bonds. The van der Waals surface area contributed by atoms with E-state index in [-0.39, 0.29) is 21.4 Å². The minimum atomic E-state index is -0.843. The number of aromatic hydroxyl groups is 2. The van der Waals surface area contributed by atoms with Crippen molar-refractivity contribution >= 4 is 15.9 Å². The first-order chi connectivity index (χ1) is 12.3. The number of benzene rings is 3. The van der Waals surface area contributed by atoms with E-state index >= 15 is 0 Å². The number of rotatable bonds is 2. The molecule has 4 nitrogen and oxygen atoms in total. The molecule has 0 aliphatic rings. The molecule has 27 heavy (non-hydrogen) atoms. The van der Waals surface area contributed by atoms with Gasteiger partial charge in [-0.2, -0.15) is 9.90 Å². The van der Waals surface area contributed by atoms with Gasteiger partial charge in [-0.15, -0.1) is 0 Å². The molecule has 1 atom stereocenters. The molecular formula is C22H25O4P. The summed E-state index contributed by atoms with van der Waals surface area (Å²) in [5, 5.41) is 28.0. The van der Waals surface area contributed by atoms with Gasteiger partial charge in [0.2, 0.25) is 0 Å². The predicted octanol–water partition coefficient (Wildman–Crippen LogP) is 5.13. The van der Waals surface area contributed by atoms with Gasteiger partial charge in [0.15, 0.2) is 0 Å². The fourth-order valence-electron chi connectivity index (χ4n) is 2.92. The topological polar surface area (TPSA) is 77.8 Å². The van der Waals surface area contributed by atoms with Crippen LogP contribution in [0.25, 0.3) is 11.1 Å². The molecule has 0 spiro atoms. The van der Waals surface area contributed by atoms with Crippen molar-refractivity contribution < 1.29 is 20.1 Å². The highest BCUT2D eigenvalue weighted by Crippen LogP contribution is 2.34. The van der Waals surface area contributed by atoms with Gasteiger partial charge in [0, 0.05) is 11.1 Å². The lowest BCUT2D eigenvalue weighted by Crippen LogP contribution is -2.03. The molecule has 0 saturated carbocycles. The molecule has 0 aliphatic carbocycles. The molecule has 0 heterocycles. The summed E-state index contributed by atoms with van der Waals surface area (Å²) in [5.41, 5.74) is 4.49. The summed E-state index contributed by atoms with van der Waals surface area (Å²) in [6.45, 7) is 5.61. The zero-order chi connectivity index (χ0) is 19.3. The van der Waals surface area contributed by atoms with Crippen LogP contribution in [-0.2, 0) is 0 Å². The molecule has 0 radical (unpaired) electrons. The van der Waals surface area contributed by atoms with E-state index in [0.717, 1.165) is 16.7 Å². The van der Waals surface area contributed by atoms with Crippen molar-refractivity contribution in [3.63, 3.8) is 0 Å². The number of para-hydroxylation sites is 2. The van der Waals surface area contributed by atoms with Gasteiger partial charge < -0.3 is 15.3 Å². The van der Waals surface area contributed by atoms with Crippen LogP contribution in [-0.4, -0.2) is 21.3 Å². The largest absolute Gasteiger partial charge is 0.507 e. The first kappa shape index (κ1) is 22.2. The number of carbonyl (C=O) groups is 1. The number of carboxylic acid groups (broad SMARTS) is 1. The van der Waals surface area contributed by atoms with Crippen molar-refractivity contribution in [2.24, 2.45) is 0 Å². The number of hydrogen-bond donors (Lipinski definition) is 3. The molecule has 0 bridgehead atoms. The first-order valence-electron chi connectivity index (χ1n) is 8.18. The molecule has 142 valence electrons. The summed E-state index contributed by atoms with van der Waals surface area (Å²) in [7, 11) is 0. The summed E-state index contributed by atoms with van der Waals surface area (Å²) in [6, 6.07) is 17.6. The lowest BCUT2D eigenvalue weighted by atomic mass is 10.0. The van der Waals surface area contributed by atoms with Crippen molar-refractivity contribution in [1.82, 2.24) is 0 Å². The zero-order valence-electron chi connectivity index (χ0n) is 15.7. The molecule has 0 fully saturated rings. The monoisotopic (exact) mass is 384 g/mol. The third kappa shape index (κ3) is 5.57. The Bertz CT molecular complexity index is 869. The van der Waals surface area contributed by atoms with Gasteiger partial charge in [0.05, 0.1) is 5.56 Å². The number of phenols is 2. The molecule has 3 aromatic rings. The van der Waals surface area contributed by atoms with Gasteiger partial charge in [0.25, 0.3) is 0 Å². The van der Waals surface area contributed by atoms with Crippen molar-refractivity contribution in [3.05, 3.63) is 82.9 Å². The average Bonchev–Trinajstić information content (AvgIpc) is 2.55. The number of carboxylic acids is 1. The van der Waals surface area contributed by atoms with Crippen LogP contribution >= 0.6 is 9.90 Å². The van der Waals surface area contributed by atoms with Crippen molar-refractivity contribution in [3.8, 4) is 22.6 Å². The Balaban J connectivity index is 0.000000264. The SMILES string of the molecule is Cc1cc(C)c(C(=O)O)c(C)c1.Oc1ccccc1-c1ccccc1O.P. The van der Waals surface area contributed by atoms with Gasteiger partial charge in [-0.25, -0.2) is 4.79 Å². The lowest BCUT2D eigenvalue weighted by Gasteiger charge is -2.05. The van der Waals surface area contributed by atoms with Crippen LogP contribution in [0.1, 0.15) is 27.0 Å². The first-order valence-corrected chi connectivity index (χ1v) is 8.18. The molecular weight excluding hydrogens is 359 g/mol. The van der Waals surface area contributed by atoms with Crippen molar-refractivity contribution in [2.45, 2.75) is 20.8 Å². The lowest BCUT2D eigenvalue weighted by molar-refractivity contribution is 0.0695. The van der Waals surface area contributed by atoms with Gasteiger partial charge >= 0.3 is 5.97 Å². The molecule has 3 rings (SSSR count). The maximum Gasteiger partial charge on any atom is 0.336 e. The fraction of sp³-hybridized carbons (Fsp3) is 0.136. The molecule has 3 aromatic carbocycles.